The van der Waals surface area contributed by atoms with Crippen molar-refractivity contribution >= 4 is 24.2 Å². The lowest BCUT2D eigenvalue weighted by Crippen LogP contribution is -2.38. The second-order valence-corrected chi connectivity index (χ2v) is 4.97. The molecule has 2 aromatic rings. The highest BCUT2D eigenvalue weighted by Crippen LogP contribution is 2.29. The molecule has 2 N–H and O–H groups in total. The average molecular weight is 273 g/mol. The van der Waals surface area contributed by atoms with Crippen LogP contribution in [-0.2, 0) is 9.54 Å². The van der Waals surface area contributed by atoms with Crippen molar-refractivity contribution in [1.29, 1.82) is 0 Å². The maximum atomic E-state index is 12.3. The zero-order valence-electron chi connectivity index (χ0n) is 10.3. The van der Waals surface area contributed by atoms with Gasteiger partial charge in [0.25, 0.3) is 0 Å². The van der Waals surface area contributed by atoms with Crippen LogP contribution in [0.3, 0.4) is 0 Å². The first-order valence-corrected chi connectivity index (χ1v) is 6.37. The quantitative estimate of drug-likeness (QED) is 0.749. The van der Waals surface area contributed by atoms with E-state index in [9.17, 15) is 9.90 Å². The lowest BCUT2D eigenvalue weighted by molar-refractivity contribution is -0.119. The predicted octanol–water partition coefficient (Wildman–Crippen LogP) is 2.44. The van der Waals surface area contributed by atoms with E-state index in [0.29, 0.717) is 11.3 Å². The van der Waals surface area contributed by atoms with Crippen molar-refractivity contribution in [2.45, 2.75) is 4.75 Å². The van der Waals surface area contributed by atoms with Crippen LogP contribution in [0.25, 0.3) is 0 Å². The first-order chi connectivity index (χ1) is 9.16. The number of carbonyl (C=O) groups excluding carboxylic acids is 1. The van der Waals surface area contributed by atoms with Gasteiger partial charge in [-0.2, -0.15) is 12.6 Å². The first kappa shape index (κ1) is 13.6. The molecule has 4 heteroatoms. The highest BCUT2D eigenvalue weighted by Gasteiger charge is 2.35. The van der Waals surface area contributed by atoms with Crippen LogP contribution in [0, 0.1) is 0 Å². The Kier molecular flexibility index (Phi) is 4.24. The summed E-state index contributed by atoms with van der Waals surface area (Å²) in [6.45, 7) is -0.376. The van der Waals surface area contributed by atoms with Crippen molar-refractivity contribution in [1.82, 2.24) is 0 Å². The molecule has 0 saturated heterocycles. The van der Waals surface area contributed by atoms with Crippen molar-refractivity contribution in [3.05, 3.63) is 66.2 Å². The zero-order valence-corrected chi connectivity index (χ0v) is 11.2. The summed E-state index contributed by atoms with van der Waals surface area (Å²) in [7, 11) is 0. The summed E-state index contributed by atoms with van der Waals surface area (Å²) in [5, 5.41) is 12.3. The molecule has 0 fully saturated rings. The monoisotopic (exact) mass is 273 g/mol. The third-order valence-corrected chi connectivity index (χ3v) is 3.49. The molecule has 3 nitrogen and oxygen atoms in total. The normalized spacial score (nSPS) is 13.6. The van der Waals surface area contributed by atoms with Crippen molar-refractivity contribution in [3.8, 4) is 0 Å². The Morgan fingerprint density at radius 1 is 1.05 bits per heavy atom. The number of rotatable bonds is 4. The average Bonchev–Trinajstić information content (AvgIpc) is 2.48. The maximum Gasteiger partial charge on any atom is 0.247 e. The fourth-order valence-electron chi connectivity index (χ4n) is 1.76. The first-order valence-electron chi connectivity index (χ1n) is 5.92. The third-order valence-electron chi connectivity index (χ3n) is 2.89. The molecule has 98 valence electrons. The summed E-state index contributed by atoms with van der Waals surface area (Å²) in [6.07, 6.45) is 0. The topological polar surface area (TPSA) is 49.3 Å². The van der Waals surface area contributed by atoms with Gasteiger partial charge in [0, 0.05) is 5.69 Å². The van der Waals surface area contributed by atoms with Crippen molar-refractivity contribution in [3.63, 3.8) is 0 Å². The van der Waals surface area contributed by atoms with E-state index in [1.54, 1.807) is 24.3 Å². The molecule has 0 spiro atoms. The molecule has 2 rings (SSSR count). The molecule has 0 aliphatic heterocycles. The van der Waals surface area contributed by atoms with Gasteiger partial charge >= 0.3 is 0 Å². The summed E-state index contributed by atoms with van der Waals surface area (Å²) in [5.41, 5.74) is 1.34. The Labute approximate surface area is 117 Å². The number of nitrogens with one attached hydrogen (secondary N) is 1. The predicted molar refractivity (Wildman–Crippen MR) is 79.3 cm³/mol. The van der Waals surface area contributed by atoms with Crippen molar-refractivity contribution in [2.24, 2.45) is 0 Å². The standard InChI is InChI=1S/C15H15NO2S/c17-11-15(19,12-7-3-1-4-8-12)14(18)16-13-9-5-2-6-10-13/h1-10,17,19H,11H2,(H,16,18). The van der Waals surface area contributed by atoms with Crippen LogP contribution < -0.4 is 5.32 Å². The van der Waals surface area contributed by atoms with Crippen LogP contribution in [0.4, 0.5) is 5.69 Å². The Morgan fingerprint density at radius 3 is 2.11 bits per heavy atom. The number of thiol groups is 1. The zero-order chi connectivity index (χ0) is 13.7. The van der Waals surface area contributed by atoms with Gasteiger partial charge in [0.15, 0.2) is 0 Å². The Bertz CT molecular complexity index is 545. The van der Waals surface area contributed by atoms with Crippen LogP contribution in [0.1, 0.15) is 5.56 Å². The van der Waals surface area contributed by atoms with Gasteiger partial charge < -0.3 is 10.4 Å². The van der Waals surface area contributed by atoms with Gasteiger partial charge in [0.1, 0.15) is 4.75 Å². The number of aliphatic hydroxyl groups is 1. The summed E-state index contributed by atoms with van der Waals surface area (Å²) < 4.78 is -1.25. The molecule has 1 unspecified atom stereocenters. The minimum Gasteiger partial charge on any atom is -0.394 e. The van der Waals surface area contributed by atoms with Crippen LogP contribution >= 0.6 is 12.6 Å². The van der Waals surface area contributed by atoms with E-state index in [1.807, 2.05) is 36.4 Å². The fraction of sp³-hybridized carbons (Fsp3) is 0.133. The van der Waals surface area contributed by atoms with Gasteiger partial charge in [-0.25, -0.2) is 0 Å². The Morgan fingerprint density at radius 2 is 1.58 bits per heavy atom. The molecule has 0 aliphatic rings. The summed E-state index contributed by atoms with van der Waals surface area (Å²) in [4.78, 5) is 12.3. The van der Waals surface area contributed by atoms with E-state index in [2.05, 4.69) is 17.9 Å². The van der Waals surface area contributed by atoms with Gasteiger partial charge in [0.05, 0.1) is 6.61 Å². The van der Waals surface area contributed by atoms with E-state index >= 15 is 0 Å². The summed E-state index contributed by atoms with van der Waals surface area (Å²) in [6, 6.07) is 18.1. The smallest absolute Gasteiger partial charge is 0.247 e. The van der Waals surface area contributed by atoms with E-state index in [1.165, 1.54) is 0 Å². The molecule has 0 heterocycles. The molecule has 0 aliphatic carbocycles. The number of hydrogen-bond acceptors (Lipinski definition) is 3. The highest BCUT2D eigenvalue weighted by atomic mass is 32.1. The fourth-order valence-corrected chi connectivity index (χ4v) is 1.97. The number of carbonyl (C=O) groups is 1. The van der Waals surface area contributed by atoms with Crippen molar-refractivity contribution in [2.75, 3.05) is 11.9 Å². The van der Waals surface area contributed by atoms with Crippen LogP contribution in [-0.4, -0.2) is 17.6 Å². The number of aliphatic hydroxyl groups excluding tert-OH is 1. The molecule has 0 saturated carbocycles. The molecule has 0 bridgehead atoms. The molecule has 0 aromatic heterocycles. The van der Waals surface area contributed by atoms with E-state index in [-0.39, 0.29) is 12.5 Å². The van der Waals surface area contributed by atoms with Crippen LogP contribution in [0.5, 0.6) is 0 Å². The highest BCUT2D eigenvalue weighted by molar-refractivity contribution is 7.82. The molecular formula is C15H15NO2S. The lowest BCUT2D eigenvalue weighted by atomic mass is 9.98. The van der Waals surface area contributed by atoms with E-state index in [0.717, 1.165) is 0 Å². The lowest BCUT2D eigenvalue weighted by Gasteiger charge is -2.25. The van der Waals surface area contributed by atoms with Crippen LogP contribution in [0.15, 0.2) is 60.7 Å². The number of amides is 1. The SMILES string of the molecule is O=C(Nc1ccccc1)C(S)(CO)c1ccccc1. The largest absolute Gasteiger partial charge is 0.394 e. The minimum absolute atomic E-state index is 0.351. The second-order valence-electron chi connectivity index (χ2n) is 4.20. The second kappa shape index (κ2) is 5.91. The third kappa shape index (κ3) is 2.97. The maximum absolute atomic E-state index is 12.3. The molecule has 19 heavy (non-hydrogen) atoms. The van der Waals surface area contributed by atoms with Gasteiger partial charge in [0.2, 0.25) is 5.91 Å². The molecule has 1 amide bonds. The Hall–Kier alpha value is -1.78. The van der Waals surface area contributed by atoms with Gasteiger partial charge in [-0.1, -0.05) is 48.5 Å². The number of benzene rings is 2. The number of anilines is 1. The van der Waals surface area contributed by atoms with Crippen LogP contribution in [0.2, 0.25) is 0 Å². The number of hydrogen-bond donors (Lipinski definition) is 3. The van der Waals surface area contributed by atoms with Gasteiger partial charge in [-0.3, -0.25) is 4.79 Å². The molecule has 2 aromatic carbocycles. The minimum atomic E-state index is -1.25. The van der Waals surface area contributed by atoms with Crippen molar-refractivity contribution < 1.29 is 9.90 Å². The van der Waals surface area contributed by atoms with Gasteiger partial charge in [-0.15, -0.1) is 0 Å². The summed E-state index contributed by atoms with van der Waals surface area (Å²) >= 11 is 4.37. The molecular weight excluding hydrogens is 258 g/mol. The number of para-hydroxylation sites is 1. The Balaban J connectivity index is 2.24. The summed E-state index contributed by atoms with van der Waals surface area (Å²) in [5.74, 6) is -0.351. The van der Waals surface area contributed by atoms with Gasteiger partial charge in [-0.05, 0) is 17.7 Å². The van der Waals surface area contributed by atoms with E-state index < -0.39 is 4.75 Å². The molecule has 1 atom stereocenters. The van der Waals surface area contributed by atoms with E-state index in [4.69, 9.17) is 0 Å². The molecule has 0 radical (unpaired) electrons.